The summed E-state index contributed by atoms with van der Waals surface area (Å²) in [6.07, 6.45) is 72.3. The van der Waals surface area contributed by atoms with Crippen LogP contribution in [0.15, 0.2) is 109 Å². The van der Waals surface area contributed by atoms with Gasteiger partial charge in [0.2, 0.25) is 5.91 Å². The van der Waals surface area contributed by atoms with Gasteiger partial charge < -0.3 is 19.4 Å². The lowest BCUT2D eigenvalue weighted by molar-refractivity contribution is -0.870. The average molecular weight is 1050 g/mol. The van der Waals surface area contributed by atoms with Crippen LogP contribution in [0.5, 0.6) is 0 Å². The van der Waals surface area contributed by atoms with Crippen molar-refractivity contribution in [2.24, 2.45) is 0 Å². The van der Waals surface area contributed by atoms with Gasteiger partial charge in [-0.15, -0.1) is 0 Å². The molecule has 0 radical (unpaired) electrons. The number of carbonyl (C=O) groups excluding carboxylic acids is 2. The molecule has 1 amide bonds. The summed E-state index contributed by atoms with van der Waals surface area (Å²) in [5.41, 5.74) is 0. The van der Waals surface area contributed by atoms with E-state index in [1.165, 1.54) is 64.2 Å². The normalized spacial score (nSPS) is 14.5. The minimum absolute atomic E-state index is 0.0283. The molecule has 3 atom stereocenters. The number of likely N-dealkylation sites (N-methyl/N-ethyl adjacent to an activating group) is 1. The van der Waals surface area contributed by atoms with Gasteiger partial charge in [-0.3, -0.25) is 18.6 Å². The molecule has 74 heavy (non-hydrogen) atoms. The average Bonchev–Trinajstić information content (AvgIpc) is 3.36. The Morgan fingerprint density at radius 1 is 0.486 bits per heavy atom. The van der Waals surface area contributed by atoms with Gasteiger partial charge in [0.15, 0.2) is 0 Å². The summed E-state index contributed by atoms with van der Waals surface area (Å²) in [5, 5.41) is 3.04. The number of allylic oxidation sites excluding steroid dienone is 17. The van der Waals surface area contributed by atoms with Gasteiger partial charge in [-0.05, 0) is 109 Å². The highest BCUT2D eigenvalue weighted by molar-refractivity contribution is 7.47. The second kappa shape index (κ2) is 53.1. The molecular formula is C64H112N2O7P+. The van der Waals surface area contributed by atoms with Crippen molar-refractivity contribution in [2.75, 3.05) is 40.9 Å². The fourth-order valence-electron chi connectivity index (χ4n) is 7.92. The van der Waals surface area contributed by atoms with E-state index < -0.39 is 20.0 Å². The third-order valence-corrected chi connectivity index (χ3v) is 13.4. The Morgan fingerprint density at radius 2 is 0.865 bits per heavy atom. The second-order valence-electron chi connectivity index (χ2n) is 20.8. The standard InChI is InChI=1S/C64H111N2O7P/c1-7-10-13-16-19-22-25-27-29-30-31-32-33-34-35-36-37-38-41-44-47-50-53-56-63(67)65-61(60-72-74(69,70)71-59-58-66(4,5)6)62(55-52-49-46-43-40-24-21-18-15-12-9-3)73-64(68)57-54-51-48-45-42-39-28-26-23-20-17-14-11-8-2/h10-11,13-14,19-20,22-23,27-29,31-32,34-35,39,52,55,61-62H,7-9,12,15-18,21,24-26,30,33,36-38,40-51,53-54,56-60H2,1-6H3,(H-,65,67,69,70)/p+1/b13-10-,14-11+,22-19-,23-20+,29-27-,32-31-,35-34-,39-28+,55-52-. The highest BCUT2D eigenvalue weighted by atomic mass is 31.2. The van der Waals surface area contributed by atoms with Crippen molar-refractivity contribution in [3.63, 3.8) is 0 Å². The Balaban J connectivity index is 5.26. The minimum atomic E-state index is -4.46. The first-order valence-corrected chi connectivity index (χ1v) is 31.2. The maximum Gasteiger partial charge on any atom is 0.472 e. The van der Waals surface area contributed by atoms with Gasteiger partial charge in [-0.1, -0.05) is 220 Å². The van der Waals surface area contributed by atoms with Crippen LogP contribution in [0.1, 0.15) is 233 Å². The molecule has 0 aliphatic carbocycles. The molecule has 3 unspecified atom stereocenters. The largest absolute Gasteiger partial charge is 0.472 e. The van der Waals surface area contributed by atoms with E-state index in [9.17, 15) is 19.0 Å². The lowest BCUT2D eigenvalue weighted by Crippen LogP contribution is -2.47. The summed E-state index contributed by atoms with van der Waals surface area (Å²) < 4.78 is 30.6. The van der Waals surface area contributed by atoms with Crippen molar-refractivity contribution in [1.29, 1.82) is 0 Å². The fraction of sp³-hybridized carbons (Fsp3) is 0.688. The Kier molecular flexibility index (Phi) is 50.7. The van der Waals surface area contributed by atoms with Crippen LogP contribution in [-0.4, -0.2) is 74.3 Å². The number of phosphoric ester groups is 1. The van der Waals surface area contributed by atoms with E-state index in [2.05, 4.69) is 123 Å². The zero-order valence-electron chi connectivity index (χ0n) is 48.3. The molecule has 0 aromatic rings. The molecule has 0 rings (SSSR count). The predicted octanol–water partition coefficient (Wildman–Crippen LogP) is 18.2. The zero-order chi connectivity index (χ0) is 54.3. The third kappa shape index (κ3) is 53.5. The number of hydrogen-bond acceptors (Lipinski definition) is 6. The van der Waals surface area contributed by atoms with Crippen LogP contribution in [0.4, 0.5) is 0 Å². The minimum Gasteiger partial charge on any atom is -0.456 e. The summed E-state index contributed by atoms with van der Waals surface area (Å²) >= 11 is 0. The summed E-state index contributed by atoms with van der Waals surface area (Å²) in [7, 11) is 1.46. The van der Waals surface area contributed by atoms with E-state index in [0.717, 1.165) is 128 Å². The topological polar surface area (TPSA) is 111 Å². The van der Waals surface area contributed by atoms with Gasteiger partial charge in [-0.2, -0.15) is 0 Å². The quantitative estimate of drug-likeness (QED) is 0.0205. The van der Waals surface area contributed by atoms with E-state index >= 15 is 0 Å². The molecule has 0 saturated carbocycles. The number of quaternary nitrogens is 1. The van der Waals surface area contributed by atoms with Gasteiger partial charge in [-0.25, -0.2) is 4.57 Å². The smallest absolute Gasteiger partial charge is 0.456 e. The molecule has 10 heteroatoms. The van der Waals surface area contributed by atoms with E-state index in [-0.39, 0.29) is 31.5 Å². The van der Waals surface area contributed by atoms with Gasteiger partial charge >= 0.3 is 13.8 Å². The van der Waals surface area contributed by atoms with E-state index in [1.54, 1.807) is 0 Å². The molecule has 0 saturated heterocycles. The summed E-state index contributed by atoms with van der Waals surface area (Å²) in [6, 6.07) is -0.870. The van der Waals surface area contributed by atoms with Gasteiger partial charge in [0, 0.05) is 12.8 Å². The first kappa shape index (κ1) is 70.7. The van der Waals surface area contributed by atoms with Crippen LogP contribution >= 0.6 is 7.82 Å². The second-order valence-corrected chi connectivity index (χ2v) is 22.2. The number of esters is 1. The Hall–Kier alpha value is -3.33. The first-order chi connectivity index (χ1) is 35.9. The number of nitrogens with one attached hydrogen (secondary N) is 1. The van der Waals surface area contributed by atoms with E-state index in [4.69, 9.17) is 13.8 Å². The fourth-order valence-corrected chi connectivity index (χ4v) is 8.66. The van der Waals surface area contributed by atoms with E-state index in [1.807, 2.05) is 33.3 Å². The summed E-state index contributed by atoms with van der Waals surface area (Å²) in [6.45, 7) is 6.74. The summed E-state index contributed by atoms with van der Waals surface area (Å²) in [4.78, 5) is 37.6. The lowest BCUT2D eigenvalue weighted by Gasteiger charge is -2.27. The van der Waals surface area contributed by atoms with Gasteiger partial charge in [0.05, 0.1) is 33.8 Å². The molecule has 0 aromatic heterocycles. The molecule has 0 aliphatic rings. The molecule has 0 aromatic carbocycles. The maximum atomic E-state index is 13.5. The molecule has 0 fully saturated rings. The Bertz CT molecular complexity index is 1640. The summed E-state index contributed by atoms with van der Waals surface area (Å²) in [5.74, 6) is -0.552. The van der Waals surface area contributed by atoms with Crippen LogP contribution in [0.3, 0.4) is 0 Å². The SMILES string of the molecule is CC/C=C\C/C=C\C/C=C\C/C=C\C/C=C\CCCCCCCCCC(=O)NC(COP(=O)(O)OCC[N+](C)(C)C)C(/C=C\CCCCCCCCCCC)OC(=O)CCCCCC/C=C/C/C=C/C/C=C/CC. The number of hydrogen-bond donors (Lipinski definition) is 2. The monoisotopic (exact) mass is 1050 g/mol. The Morgan fingerprint density at radius 3 is 1.30 bits per heavy atom. The van der Waals surface area contributed by atoms with Gasteiger partial charge in [0.25, 0.3) is 0 Å². The van der Waals surface area contributed by atoms with Crippen LogP contribution < -0.4 is 5.32 Å². The first-order valence-electron chi connectivity index (χ1n) is 29.7. The van der Waals surface area contributed by atoms with Crippen LogP contribution in [0.2, 0.25) is 0 Å². The number of unbranched alkanes of at least 4 members (excludes halogenated alkanes) is 20. The lowest BCUT2D eigenvalue weighted by atomic mass is 10.1. The number of phosphoric acid groups is 1. The molecule has 0 aliphatic heterocycles. The van der Waals surface area contributed by atoms with E-state index in [0.29, 0.717) is 23.9 Å². The van der Waals surface area contributed by atoms with Gasteiger partial charge in [0.1, 0.15) is 19.3 Å². The third-order valence-electron chi connectivity index (χ3n) is 12.5. The number of carbonyl (C=O) groups is 2. The van der Waals surface area contributed by atoms with Crippen molar-refractivity contribution in [3.05, 3.63) is 109 Å². The van der Waals surface area contributed by atoms with Crippen LogP contribution in [-0.2, 0) is 27.9 Å². The van der Waals surface area contributed by atoms with Crippen molar-refractivity contribution < 1.29 is 37.3 Å². The van der Waals surface area contributed by atoms with Crippen molar-refractivity contribution in [3.8, 4) is 0 Å². The number of nitrogens with zero attached hydrogens (tertiary/aromatic N) is 1. The predicted molar refractivity (Wildman–Crippen MR) is 318 cm³/mol. The van der Waals surface area contributed by atoms with Crippen LogP contribution in [0.25, 0.3) is 0 Å². The van der Waals surface area contributed by atoms with Crippen LogP contribution in [0, 0.1) is 0 Å². The number of amides is 1. The highest BCUT2D eigenvalue weighted by Crippen LogP contribution is 2.43. The Labute approximate surface area is 455 Å². The van der Waals surface area contributed by atoms with Crippen molar-refractivity contribution >= 4 is 19.7 Å². The molecule has 9 nitrogen and oxygen atoms in total. The van der Waals surface area contributed by atoms with Crippen molar-refractivity contribution in [1.82, 2.24) is 5.32 Å². The maximum absolute atomic E-state index is 13.5. The zero-order valence-corrected chi connectivity index (χ0v) is 49.2. The molecule has 424 valence electrons. The molecule has 0 bridgehead atoms. The molecule has 0 heterocycles. The molecule has 2 N–H and O–H groups in total. The molecular weight excluding hydrogens is 940 g/mol. The highest BCUT2D eigenvalue weighted by Gasteiger charge is 2.30. The number of rotatable bonds is 52. The number of ether oxygens (including phenoxy) is 1. The molecule has 0 spiro atoms. The van der Waals surface area contributed by atoms with Crippen molar-refractivity contribution in [2.45, 2.75) is 245 Å².